The van der Waals surface area contributed by atoms with Gasteiger partial charge in [0.05, 0.1) is 5.54 Å². The first-order chi connectivity index (χ1) is 8.01. The van der Waals surface area contributed by atoms with Gasteiger partial charge in [0.1, 0.15) is 0 Å². The van der Waals surface area contributed by atoms with Crippen LogP contribution in [0.25, 0.3) is 0 Å². The molecule has 0 aromatic carbocycles. The van der Waals surface area contributed by atoms with Crippen molar-refractivity contribution in [3.63, 3.8) is 0 Å². The molecule has 4 nitrogen and oxygen atoms in total. The lowest BCUT2D eigenvalue weighted by molar-refractivity contribution is 0.0494. The summed E-state index contributed by atoms with van der Waals surface area (Å²) in [6, 6.07) is 0.301. The second-order valence-corrected chi connectivity index (χ2v) is 5.97. The number of nitrogens with two attached hydrogens (primary N) is 1. The van der Waals surface area contributed by atoms with Gasteiger partial charge in [-0.3, -0.25) is 0 Å². The van der Waals surface area contributed by atoms with E-state index in [0.717, 1.165) is 19.4 Å². The second kappa shape index (κ2) is 4.48. The van der Waals surface area contributed by atoms with Crippen molar-refractivity contribution in [1.82, 2.24) is 10.2 Å². The van der Waals surface area contributed by atoms with E-state index in [0.29, 0.717) is 18.4 Å². The van der Waals surface area contributed by atoms with Crippen LogP contribution in [-0.2, 0) is 0 Å². The van der Waals surface area contributed by atoms with Gasteiger partial charge in [-0.25, -0.2) is 4.79 Å². The number of fused-ring (bicyclic) bond motifs is 1. The number of nitrogens with zero attached hydrogens (tertiary/aromatic N) is 1. The first-order valence-corrected chi connectivity index (χ1v) is 6.79. The van der Waals surface area contributed by atoms with Crippen molar-refractivity contribution >= 4 is 6.03 Å². The molecule has 0 spiro atoms. The van der Waals surface area contributed by atoms with Gasteiger partial charge in [0.2, 0.25) is 0 Å². The van der Waals surface area contributed by atoms with E-state index in [1.54, 1.807) is 0 Å². The summed E-state index contributed by atoms with van der Waals surface area (Å²) < 4.78 is 0. The number of nitrogens with one attached hydrogen (secondary N) is 1. The van der Waals surface area contributed by atoms with Gasteiger partial charge < -0.3 is 16.0 Å². The molecule has 1 aliphatic carbocycles. The lowest BCUT2D eigenvalue weighted by Crippen LogP contribution is -2.63. The van der Waals surface area contributed by atoms with Crippen LogP contribution in [0.4, 0.5) is 4.79 Å². The highest BCUT2D eigenvalue weighted by Gasteiger charge is 2.55. The molecule has 3 unspecified atom stereocenters. The molecular weight excluding hydrogens is 214 g/mol. The molecular formula is C13H25N3O. The molecule has 3 atom stereocenters. The molecule has 0 bridgehead atoms. The van der Waals surface area contributed by atoms with E-state index < -0.39 is 0 Å². The highest BCUT2D eigenvalue weighted by molar-refractivity contribution is 5.76. The molecule has 2 amide bonds. The van der Waals surface area contributed by atoms with Gasteiger partial charge in [-0.05, 0) is 38.0 Å². The Bertz CT molecular complexity index is 301. The summed E-state index contributed by atoms with van der Waals surface area (Å²) in [4.78, 5) is 14.3. The SMILES string of the molecule is CC(C)C(C)NC(=O)N1CCC2CCC21CN. The summed E-state index contributed by atoms with van der Waals surface area (Å²) in [7, 11) is 0. The zero-order chi connectivity index (χ0) is 12.6. The molecule has 0 radical (unpaired) electrons. The summed E-state index contributed by atoms with van der Waals surface area (Å²) in [5.41, 5.74) is 5.89. The van der Waals surface area contributed by atoms with Crippen LogP contribution in [0.1, 0.15) is 40.0 Å². The van der Waals surface area contributed by atoms with Gasteiger partial charge >= 0.3 is 6.03 Å². The molecule has 1 aliphatic heterocycles. The minimum Gasteiger partial charge on any atom is -0.335 e. The van der Waals surface area contributed by atoms with Crippen LogP contribution in [-0.4, -0.2) is 35.6 Å². The maximum absolute atomic E-state index is 12.3. The molecule has 3 N–H and O–H groups in total. The van der Waals surface area contributed by atoms with E-state index in [2.05, 4.69) is 26.1 Å². The fourth-order valence-electron chi connectivity index (χ4n) is 3.08. The number of carbonyl (C=O) groups excluding carboxylic acids is 1. The maximum atomic E-state index is 12.3. The zero-order valence-corrected chi connectivity index (χ0v) is 11.2. The predicted octanol–water partition coefficient (Wildman–Crippen LogP) is 1.55. The minimum absolute atomic E-state index is 0.0131. The predicted molar refractivity (Wildman–Crippen MR) is 68.7 cm³/mol. The fraction of sp³-hybridized carbons (Fsp3) is 0.923. The van der Waals surface area contributed by atoms with Gasteiger partial charge in [-0.2, -0.15) is 0 Å². The monoisotopic (exact) mass is 239 g/mol. The fourth-order valence-corrected chi connectivity index (χ4v) is 3.08. The second-order valence-electron chi connectivity index (χ2n) is 5.97. The number of urea groups is 1. The summed E-state index contributed by atoms with van der Waals surface area (Å²) >= 11 is 0. The number of hydrogen-bond acceptors (Lipinski definition) is 2. The highest BCUT2D eigenvalue weighted by atomic mass is 16.2. The topological polar surface area (TPSA) is 58.4 Å². The molecule has 0 aromatic heterocycles. The van der Waals surface area contributed by atoms with Gasteiger partial charge in [-0.1, -0.05) is 13.8 Å². The third-order valence-corrected chi connectivity index (χ3v) is 4.87. The van der Waals surface area contributed by atoms with Crippen LogP contribution < -0.4 is 11.1 Å². The van der Waals surface area contributed by atoms with E-state index in [1.807, 2.05) is 4.90 Å². The average molecular weight is 239 g/mol. The largest absolute Gasteiger partial charge is 0.335 e. The Morgan fingerprint density at radius 1 is 1.47 bits per heavy atom. The van der Waals surface area contributed by atoms with Gasteiger partial charge in [0.25, 0.3) is 0 Å². The van der Waals surface area contributed by atoms with E-state index in [1.165, 1.54) is 6.42 Å². The molecule has 1 heterocycles. The Morgan fingerprint density at radius 2 is 2.18 bits per heavy atom. The van der Waals surface area contributed by atoms with Crippen molar-refractivity contribution in [1.29, 1.82) is 0 Å². The lowest BCUT2D eigenvalue weighted by Gasteiger charge is -2.49. The Hall–Kier alpha value is -0.770. The first-order valence-electron chi connectivity index (χ1n) is 6.79. The molecule has 2 fully saturated rings. The van der Waals surface area contributed by atoms with Gasteiger partial charge in [0, 0.05) is 19.1 Å². The van der Waals surface area contributed by atoms with Gasteiger partial charge in [-0.15, -0.1) is 0 Å². The van der Waals surface area contributed by atoms with Crippen molar-refractivity contribution in [3.8, 4) is 0 Å². The summed E-state index contributed by atoms with van der Waals surface area (Å²) in [5.74, 6) is 1.11. The number of likely N-dealkylation sites (tertiary alicyclic amines) is 1. The molecule has 4 heteroatoms. The van der Waals surface area contributed by atoms with Crippen molar-refractivity contribution in [2.24, 2.45) is 17.6 Å². The van der Waals surface area contributed by atoms with Crippen molar-refractivity contribution in [3.05, 3.63) is 0 Å². The third kappa shape index (κ3) is 1.92. The summed E-state index contributed by atoms with van der Waals surface area (Å²) in [5, 5.41) is 3.10. The summed E-state index contributed by atoms with van der Waals surface area (Å²) in [6.45, 7) is 7.80. The lowest BCUT2D eigenvalue weighted by atomic mass is 9.67. The molecule has 98 valence electrons. The first kappa shape index (κ1) is 12.7. The van der Waals surface area contributed by atoms with Crippen LogP contribution in [0.2, 0.25) is 0 Å². The zero-order valence-electron chi connectivity index (χ0n) is 11.2. The number of rotatable bonds is 3. The van der Waals surface area contributed by atoms with E-state index in [9.17, 15) is 4.79 Å². The quantitative estimate of drug-likeness (QED) is 0.785. The average Bonchev–Trinajstić information content (AvgIpc) is 2.50. The van der Waals surface area contributed by atoms with Crippen molar-refractivity contribution < 1.29 is 4.79 Å². The van der Waals surface area contributed by atoms with E-state index in [-0.39, 0.29) is 17.6 Å². The molecule has 2 aliphatic rings. The Kier molecular flexibility index (Phi) is 3.34. The molecule has 0 aromatic rings. The van der Waals surface area contributed by atoms with Crippen molar-refractivity contribution in [2.45, 2.75) is 51.6 Å². The normalized spacial score (nSPS) is 33.2. The standard InChI is InChI=1S/C13H25N3O/c1-9(2)10(3)15-12(17)16-7-5-11-4-6-13(11,16)8-14/h9-11H,4-8,14H2,1-3H3,(H,15,17). The van der Waals surface area contributed by atoms with E-state index >= 15 is 0 Å². The number of carbonyl (C=O) groups is 1. The highest BCUT2D eigenvalue weighted by Crippen LogP contribution is 2.49. The van der Waals surface area contributed by atoms with Crippen LogP contribution in [0, 0.1) is 11.8 Å². The van der Waals surface area contributed by atoms with Crippen LogP contribution in [0.5, 0.6) is 0 Å². The Labute approximate surface area is 104 Å². The number of hydrogen-bond donors (Lipinski definition) is 2. The van der Waals surface area contributed by atoms with E-state index in [4.69, 9.17) is 5.73 Å². The van der Waals surface area contributed by atoms with Gasteiger partial charge in [0.15, 0.2) is 0 Å². The summed E-state index contributed by atoms with van der Waals surface area (Å²) in [6.07, 6.45) is 3.44. The molecule has 17 heavy (non-hydrogen) atoms. The van der Waals surface area contributed by atoms with Crippen LogP contribution in [0.15, 0.2) is 0 Å². The minimum atomic E-state index is -0.0131. The third-order valence-electron chi connectivity index (χ3n) is 4.87. The maximum Gasteiger partial charge on any atom is 0.318 e. The molecule has 1 saturated carbocycles. The van der Waals surface area contributed by atoms with Crippen LogP contribution >= 0.6 is 0 Å². The Balaban J connectivity index is 2.00. The van der Waals surface area contributed by atoms with Crippen LogP contribution in [0.3, 0.4) is 0 Å². The molecule has 1 saturated heterocycles. The smallest absolute Gasteiger partial charge is 0.318 e. The Morgan fingerprint density at radius 3 is 2.65 bits per heavy atom. The van der Waals surface area contributed by atoms with Crippen molar-refractivity contribution in [2.75, 3.05) is 13.1 Å². The number of amides is 2. The molecule has 2 rings (SSSR count).